The number of rotatable bonds is 6. The van der Waals surface area contributed by atoms with E-state index in [1.807, 2.05) is 32.0 Å². The highest BCUT2D eigenvalue weighted by Crippen LogP contribution is 2.11. The van der Waals surface area contributed by atoms with Gasteiger partial charge in [0, 0.05) is 6.54 Å². The van der Waals surface area contributed by atoms with E-state index >= 15 is 0 Å². The monoisotopic (exact) mass is 251 g/mol. The van der Waals surface area contributed by atoms with E-state index in [1.54, 1.807) is 0 Å². The van der Waals surface area contributed by atoms with Gasteiger partial charge in [-0.05, 0) is 19.4 Å². The smallest absolute Gasteiger partial charge is 0.317 e. The highest BCUT2D eigenvalue weighted by atomic mass is 16.4. The van der Waals surface area contributed by atoms with Gasteiger partial charge in [0.15, 0.2) is 0 Å². The maximum absolute atomic E-state index is 10.7. The molecule has 0 radical (unpaired) electrons. The molecule has 0 aliphatic carbocycles. The molecule has 1 aromatic carbocycles. The summed E-state index contributed by atoms with van der Waals surface area (Å²) in [5.41, 5.74) is 3.08. The maximum Gasteiger partial charge on any atom is 0.317 e. The molecule has 0 amide bonds. The van der Waals surface area contributed by atoms with Crippen molar-refractivity contribution >= 4 is 11.9 Å². The third-order valence-electron chi connectivity index (χ3n) is 2.41. The minimum atomic E-state index is -1.03. The number of aryl methyl sites for hydroxylation is 2. The number of carboxylic acid groups (broad SMARTS) is 2. The van der Waals surface area contributed by atoms with Crippen LogP contribution in [-0.4, -0.2) is 40.1 Å². The SMILES string of the molecule is Cc1cc(C)cc(CN(CC(=O)O)CC(=O)O)c1. The average Bonchev–Trinajstić information content (AvgIpc) is 2.12. The van der Waals surface area contributed by atoms with Crippen molar-refractivity contribution < 1.29 is 19.8 Å². The Morgan fingerprint density at radius 1 is 1.00 bits per heavy atom. The van der Waals surface area contributed by atoms with Crippen LogP contribution in [0.5, 0.6) is 0 Å². The number of carbonyl (C=O) groups is 2. The zero-order valence-corrected chi connectivity index (χ0v) is 10.5. The molecule has 0 heterocycles. The van der Waals surface area contributed by atoms with Crippen LogP contribution in [0.15, 0.2) is 18.2 Å². The molecule has 0 saturated carbocycles. The van der Waals surface area contributed by atoms with Crippen LogP contribution in [0, 0.1) is 13.8 Å². The minimum Gasteiger partial charge on any atom is -0.480 e. The summed E-state index contributed by atoms with van der Waals surface area (Å²) < 4.78 is 0. The van der Waals surface area contributed by atoms with E-state index in [0.717, 1.165) is 16.7 Å². The van der Waals surface area contributed by atoms with Crippen molar-refractivity contribution in [1.29, 1.82) is 0 Å². The van der Waals surface area contributed by atoms with Crippen molar-refractivity contribution in [2.45, 2.75) is 20.4 Å². The molecule has 0 bridgehead atoms. The molecule has 1 aromatic rings. The Morgan fingerprint density at radius 3 is 1.83 bits per heavy atom. The number of benzene rings is 1. The van der Waals surface area contributed by atoms with Crippen LogP contribution in [0.1, 0.15) is 16.7 Å². The number of carboxylic acids is 2. The van der Waals surface area contributed by atoms with Gasteiger partial charge in [0.2, 0.25) is 0 Å². The average molecular weight is 251 g/mol. The second-order valence-corrected chi connectivity index (χ2v) is 4.43. The fraction of sp³-hybridized carbons (Fsp3) is 0.385. The predicted octanol–water partition coefficient (Wildman–Crippen LogP) is 1.27. The Hall–Kier alpha value is -1.88. The first-order valence-electron chi connectivity index (χ1n) is 5.60. The van der Waals surface area contributed by atoms with Gasteiger partial charge in [0.25, 0.3) is 0 Å². The third kappa shape index (κ3) is 4.97. The Balaban J connectivity index is 2.80. The molecule has 0 aliphatic heterocycles. The van der Waals surface area contributed by atoms with E-state index < -0.39 is 11.9 Å². The van der Waals surface area contributed by atoms with Gasteiger partial charge in [-0.3, -0.25) is 14.5 Å². The molecule has 2 N–H and O–H groups in total. The van der Waals surface area contributed by atoms with Gasteiger partial charge in [0.05, 0.1) is 13.1 Å². The normalized spacial score (nSPS) is 10.6. The minimum absolute atomic E-state index is 0.278. The maximum atomic E-state index is 10.7. The molecule has 5 nitrogen and oxygen atoms in total. The molecule has 98 valence electrons. The van der Waals surface area contributed by atoms with Gasteiger partial charge in [-0.1, -0.05) is 29.3 Å². The van der Waals surface area contributed by atoms with Crippen LogP contribution < -0.4 is 0 Å². The molecule has 0 unspecified atom stereocenters. The number of aliphatic carboxylic acids is 2. The summed E-state index contributed by atoms with van der Waals surface area (Å²) in [5.74, 6) is -2.05. The van der Waals surface area contributed by atoms with Crippen molar-refractivity contribution in [3.8, 4) is 0 Å². The van der Waals surface area contributed by atoms with Gasteiger partial charge < -0.3 is 10.2 Å². The lowest BCUT2D eigenvalue weighted by Crippen LogP contribution is -2.34. The Morgan fingerprint density at radius 2 is 1.44 bits per heavy atom. The predicted molar refractivity (Wildman–Crippen MR) is 66.5 cm³/mol. The summed E-state index contributed by atoms with van der Waals surface area (Å²) in [6.07, 6.45) is 0. The zero-order valence-electron chi connectivity index (χ0n) is 10.5. The first kappa shape index (κ1) is 14.2. The summed E-state index contributed by atoms with van der Waals surface area (Å²) in [6, 6.07) is 5.88. The molecule has 0 saturated heterocycles. The molecular formula is C13H17NO4. The van der Waals surface area contributed by atoms with Crippen molar-refractivity contribution in [2.75, 3.05) is 13.1 Å². The standard InChI is InChI=1S/C13H17NO4/c1-9-3-10(2)5-11(4-9)6-14(7-12(15)16)8-13(17)18/h3-5H,6-8H2,1-2H3,(H,15,16)(H,17,18). The van der Waals surface area contributed by atoms with Crippen LogP contribution in [0.2, 0.25) is 0 Å². The second-order valence-electron chi connectivity index (χ2n) is 4.43. The van der Waals surface area contributed by atoms with Gasteiger partial charge in [-0.25, -0.2) is 0 Å². The molecule has 0 spiro atoms. The number of hydrogen-bond acceptors (Lipinski definition) is 3. The van der Waals surface area contributed by atoms with Crippen LogP contribution >= 0.6 is 0 Å². The summed E-state index contributed by atoms with van der Waals surface area (Å²) in [4.78, 5) is 22.7. The lowest BCUT2D eigenvalue weighted by Gasteiger charge is -2.18. The molecule has 18 heavy (non-hydrogen) atoms. The molecule has 5 heteroatoms. The number of hydrogen-bond donors (Lipinski definition) is 2. The summed E-state index contributed by atoms with van der Waals surface area (Å²) in [5, 5.41) is 17.5. The number of nitrogens with zero attached hydrogens (tertiary/aromatic N) is 1. The molecule has 0 aromatic heterocycles. The van der Waals surface area contributed by atoms with Gasteiger partial charge in [-0.15, -0.1) is 0 Å². The van der Waals surface area contributed by atoms with Crippen LogP contribution in [-0.2, 0) is 16.1 Å². The third-order valence-corrected chi connectivity index (χ3v) is 2.41. The highest BCUT2D eigenvalue weighted by Gasteiger charge is 2.14. The van der Waals surface area contributed by atoms with Crippen LogP contribution in [0.25, 0.3) is 0 Å². The molecular weight excluding hydrogens is 234 g/mol. The van der Waals surface area contributed by atoms with Gasteiger partial charge in [0.1, 0.15) is 0 Å². The molecule has 0 atom stereocenters. The van der Waals surface area contributed by atoms with E-state index in [0.29, 0.717) is 6.54 Å². The quantitative estimate of drug-likeness (QED) is 0.796. The van der Waals surface area contributed by atoms with Gasteiger partial charge in [-0.2, -0.15) is 0 Å². The zero-order chi connectivity index (χ0) is 13.7. The molecule has 1 rings (SSSR count). The fourth-order valence-electron chi connectivity index (χ4n) is 1.97. The molecule has 0 aliphatic rings. The van der Waals surface area contributed by atoms with Crippen molar-refractivity contribution in [3.63, 3.8) is 0 Å². The second kappa shape index (κ2) is 6.16. The first-order chi connectivity index (χ1) is 8.36. The fourth-order valence-corrected chi connectivity index (χ4v) is 1.97. The topological polar surface area (TPSA) is 77.8 Å². The highest BCUT2D eigenvalue weighted by molar-refractivity contribution is 5.72. The van der Waals surface area contributed by atoms with E-state index in [1.165, 1.54) is 4.90 Å². The Bertz CT molecular complexity index is 420. The largest absolute Gasteiger partial charge is 0.480 e. The Kier molecular flexibility index (Phi) is 4.85. The summed E-state index contributed by atoms with van der Waals surface area (Å²) in [6.45, 7) is 3.67. The lowest BCUT2D eigenvalue weighted by molar-refractivity contribution is -0.142. The lowest BCUT2D eigenvalue weighted by atomic mass is 10.1. The van der Waals surface area contributed by atoms with Gasteiger partial charge >= 0.3 is 11.9 Å². The van der Waals surface area contributed by atoms with Crippen molar-refractivity contribution in [2.24, 2.45) is 0 Å². The van der Waals surface area contributed by atoms with E-state index in [-0.39, 0.29) is 13.1 Å². The van der Waals surface area contributed by atoms with E-state index in [4.69, 9.17) is 10.2 Å². The van der Waals surface area contributed by atoms with Crippen molar-refractivity contribution in [1.82, 2.24) is 4.90 Å². The van der Waals surface area contributed by atoms with Crippen LogP contribution in [0.3, 0.4) is 0 Å². The van der Waals surface area contributed by atoms with E-state index in [2.05, 4.69) is 0 Å². The van der Waals surface area contributed by atoms with Crippen LogP contribution in [0.4, 0.5) is 0 Å². The van der Waals surface area contributed by atoms with E-state index in [9.17, 15) is 9.59 Å². The summed E-state index contributed by atoms with van der Waals surface area (Å²) >= 11 is 0. The Labute approximate surface area is 106 Å². The summed E-state index contributed by atoms with van der Waals surface area (Å²) in [7, 11) is 0. The van der Waals surface area contributed by atoms with Crippen molar-refractivity contribution in [3.05, 3.63) is 34.9 Å². The first-order valence-corrected chi connectivity index (χ1v) is 5.60. The molecule has 0 fully saturated rings.